The van der Waals surface area contributed by atoms with E-state index in [-0.39, 0.29) is 6.61 Å². The maximum absolute atomic E-state index is 11.3. The van der Waals surface area contributed by atoms with Crippen molar-refractivity contribution in [2.75, 3.05) is 13.2 Å². The van der Waals surface area contributed by atoms with Gasteiger partial charge in [0.05, 0.1) is 13.2 Å². The predicted molar refractivity (Wildman–Crippen MR) is 84.8 cm³/mol. The monoisotopic (exact) mass is 338 g/mol. The molecule has 132 valence electrons. The van der Waals surface area contributed by atoms with Crippen LogP contribution in [0.3, 0.4) is 0 Å². The van der Waals surface area contributed by atoms with Crippen LogP contribution in [-0.2, 0) is 19.1 Å². The predicted octanol–water partition coefficient (Wildman–Crippen LogP) is 2.13. The van der Waals surface area contributed by atoms with Crippen LogP contribution in [0.1, 0.15) is 71.1 Å². The third-order valence-corrected chi connectivity index (χ3v) is 4.67. The van der Waals surface area contributed by atoms with E-state index in [4.69, 9.17) is 10.2 Å². The number of hydrogen-bond donors (Lipinski definition) is 2. The van der Waals surface area contributed by atoms with Gasteiger partial charge in [-0.1, -0.05) is 64.7 Å². The molecule has 0 aliphatic carbocycles. The maximum Gasteiger partial charge on any atom is 0.334 e. The number of carbonyl (C=O) groups is 1. The van der Waals surface area contributed by atoms with Gasteiger partial charge in [-0.3, -0.25) is 8.98 Å². The van der Waals surface area contributed by atoms with Gasteiger partial charge in [0.15, 0.2) is 6.10 Å². The number of unbranched alkanes of at least 4 members (excludes halogenated alkanes) is 9. The van der Waals surface area contributed by atoms with Crippen LogP contribution in [-0.4, -0.2) is 43.1 Å². The Kier molecular flexibility index (Phi) is 12.7. The second-order valence-electron chi connectivity index (χ2n) is 5.48. The molecule has 0 fully saturated rings. The average molecular weight is 338 g/mol. The highest BCUT2D eigenvalue weighted by atomic mass is 32.2. The molecule has 6 nitrogen and oxygen atoms in total. The lowest BCUT2D eigenvalue weighted by molar-refractivity contribution is -0.121. The van der Waals surface area contributed by atoms with E-state index >= 15 is 0 Å². The third kappa shape index (κ3) is 10.3. The number of carbonyl (C=O) groups excluding carboxylic acids is 1. The van der Waals surface area contributed by atoms with Crippen LogP contribution in [0.5, 0.6) is 0 Å². The van der Waals surface area contributed by atoms with Crippen LogP contribution in [0.4, 0.5) is 0 Å². The molecule has 0 aliphatic rings. The Morgan fingerprint density at radius 1 is 0.955 bits per heavy atom. The Hall–Kier alpha value is -0.500. The van der Waals surface area contributed by atoms with E-state index in [2.05, 4.69) is 11.1 Å². The Morgan fingerprint density at radius 2 is 1.41 bits per heavy atom. The smallest absolute Gasteiger partial charge is 0.334 e. The zero-order chi connectivity index (χ0) is 16.8. The summed E-state index contributed by atoms with van der Waals surface area (Å²) in [5.74, 6) is 0. The fourth-order valence-corrected chi connectivity index (χ4v) is 2.92. The summed E-state index contributed by atoms with van der Waals surface area (Å²) in [5.41, 5.74) is 0. The summed E-state index contributed by atoms with van der Waals surface area (Å²) >= 11 is 0. The SMILES string of the molecule is CCCCCCCCCCCCOS(=O)(=O)C(=O)C(O)CO. The summed E-state index contributed by atoms with van der Waals surface area (Å²) < 4.78 is 27.2. The van der Waals surface area contributed by atoms with Crippen molar-refractivity contribution in [2.45, 2.75) is 77.2 Å². The lowest BCUT2D eigenvalue weighted by Gasteiger charge is -2.07. The molecule has 0 aliphatic heterocycles. The van der Waals surface area contributed by atoms with E-state index in [1.54, 1.807) is 0 Å². The van der Waals surface area contributed by atoms with Crippen molar-refractivity contribution < 1.29 is 27.6 Å². The molecule has 1 unspecified atom stereocenters. The molecule has 0 heterocycles. The van der Waals surface area contributed by atoms with Gasteiger partial charge in [0.25, 0.3) is 0 Å². The Morgan fingerprint density at radius 3 is 1.86 bits per heavy atom. The average Bonchev–Trinajstić information content (AvgIpc) is 2.51. The molecular weight excluding hydrogens is 308 g/mol. The molecule has 0 amide bonds. The molecule has 0 saturated heterocycles. The minimum Gasteiger partial charge on any atom is -0.393 e. The highest BCUT2D eigenvalue weighted by molar-refractivity contribution is 8.02. The topological polar surface area (TPSA) is 101 Å². The van der Waals surface area contributed by atoms with Gasteiger partial charge in [0.1, 0.15) is 0 Å². The van der Waals surface area contributed by atoms with Crippen LogP contribution in [0, 0.1) is 0 Å². The van der Waals surface area contributed by atoms with Gasteiger partial charge in [-0.25, -0.2) is 0 Å². The van der Waals surface area contributed by atoms with Crippen LogP contribution < -0.4 is 0 Å². The quantitative estimate of drug-likeness (QED) is 0.372. The highest BCUT2D eigenvalue weighted by Gasteiger charge is 2.29. The molecular formula is C15H30O6S. The van der Waals surface area contributed by atoms with Gasteiger partial charge in [-0.15, -0.1) is 0 Å². The first-order valence-electron chi connectivity index (χ1n) is 8.18. The maximum atomic E-state index is 11.3. The summed E-state index contributed by atoms with van der Waals surface area (Å²) in [4.78, 5) is 11.2. The van der Waals surface area contributed by atoms with Crippen LogP contribution in [0.15, 0.2) is 0 Å². The molecule has 0 bridgehead atoms. The standard InChI is InChI=1S/C15H30O6S/c1-2-3-4-5-6-7-8-9-10-11-12-21-22(19,20)15(18)14(17)13-16/h14,16-17H,2-13H2,1H3. The fraction of sp³-hybridized carbons (Fsp3) is 0.933. The van der Waals surface area contributed by atoms with Gasteiger partial charge >= 0.3 is 15.2 Å². The molecule has 0 aromatic heterocycles. The minimum atomic E-state index is -4.43. The lowest BCUT2D eigenvalue weighted by atomic mass is 10.1. The largest absolute Gasteiger partial charge is 0.393 e. The minimum absolute atomic E-state index is 0.0667. The molecule has 0 aromatic carbocycles. The summed E-state index contributed by atoms with van der Waals surface area (Å²) in [5, 5.41) is 16.0. The van der Waals surface area contributed by atoms with E-state index in [0.717, 1.165) is 19.3 Å². The van der Waals surface area contributed by atoms with Crippen molar-refractivity contribution >= 4 is 15.2 Å². The van der Waals surface area contributed by atoms with E-state index in [1.807, 2.05) is 0 Å². The molecule has 22 heavy (non-hydrogen) atoms. The summed E-state index contributed by atoms with van der Waals surface area (Å²) in [6.07, 6.45) is 9.20. The van der Waals surface area contributed by atoms with E-state index in [9.17, 15) is 13.2 Å². The lowest BCUT2D eigenvalue weighted by Crippen LogP contribution is -2.32. The number of aliphatic hydroxyl groups excluding tert-OH is 2. The second-order valence-corrected chi connectivity index (χ2v) is 7.02. The van der Waals surface area contributed by atoms with Crippen LogP contribution in [0.25, 0.3) is 0 Å². The van der Waals surface area contributed by atoms with E-state index in [0.29, 0.717) is 6.42 Å². The van der Waals surface area contributed by atoms with Crippen molar-refractivity contribution in [3.05, 3.63) is 0 Å². The molecule has 0 saturated carbocycles. The first kappa shape index (κ1) is 21.5. The third-order valence-electron chi connectivity index (χ3n) is 3.43. The molecule has 2 N–H and O–H groups in total. The van der Waals surface area contributed by atoms with Gasteiger partial charge in [0.2, 0.25) is 0 Å². The van der Waals surface area contributed by atoms with Crippen molar-refractivity contribution in [1.82, 2.24) is 0 Å². The van der Waals surface area contributed by atoms with E-state index in [1.165, 1.54) is 38.5 Å². The van der Waals surface area contributed by atoms with Crippen LogP contribution in [0.2, 0.25) is 0 Å². The molecule has 0 spiro atoms. The van der Waals surface area contributed by atoms with Crippen LogP contribution >= 0.6 is 0 Å². The molecule has 0 rings (SSSR count). The number of hydrogen-bond acceptors (Lipinski definition) is 6. The Bertz CT molecular complexity index is 379. The van der Waals surface area contributed by atoms with Crippen molar-refractivity contribution in [1.29, 1.82) is 0 Å². The summed E-state index contributed by atoms with van der Waals surface area (Å²) in [7, 11) is -4.43. The van der Waals surface area contributed by atoms with Crippen molar-refractivity contribution in [2.24, 2.45) is 0 Å². The van der Waals surface area contributed by atoms with Gasteiger partial charge in [-0.05, 0) is 6.42 Å². The van der Waals surface area contributed by atoms with Gasteiger partial charge < -0.3 is 10.2 Å². The van der Waals surface area contributed by atoms with Gasteiger partial charge in [0, 0.05) is 0 Å². The van der Waals surface area contributed by atoms with Crippen molar-refractivity contribution in [3.8, 4) is 0 Å². The van der Waals surface area contributed by atoms with Crippen molar-refractivity contribution in [3.63, 3.8) is 0 Å². The van der Waals surface area contributed by atoms with Gasteiger partial charge in [-0.2, -0.15) is 8.42 Å². The normalized spacial score (nSPS) is 13.2. The summed E-state index contributed by atoms with van der Waals surface area (Å²) in [6, 6.07) is 0. The molecule has 0 aromatic rings. The Labute approximate surface area is 134 Å². The number of aliphatic hydroxyl groups is 2. The van der Waals surface area contributed by atoms with E-state index < -0.39 is 27.9 Å². The second kappa shape index (κ2) is 13.0. The number of rotatable bonds is 14. The highest BCUT2D eigenvalue weighted by Crippen LogP contribution is 2.11. The molecule has 1 atom stereocenters. The molecule has 7 heteroatoms. The zero-order valence-corrected chi connectivity index (χ0v) is 14.3. The first-order chi connectivity index (χ1) is 10.5. The fourth-order valence-electron chi connectivity index (χ4n) is 2.06. The molecule has 0 radical (unpaired) electrons. The summed E-state index contributed by atoms with van der Waals surface area (Å²) in [6.45, 7) is 1.20. The Balaban J connectivity index is 3.55. The first-order valence-corrected chi connectivity index (χ1v) is 9.58. The zero-order valence-electron chi connectivity index (χ0n) is 13.5.